The lowest BCUT2D eigenvalue weighted by Crippen LogP contribution is -2.44. The topological polar surface area (TPSA) is 87.7 Å². The van der Waals surface area contributed by atoms with E-state index >= 15 is 0 Å². The number of benzene rings is 2. The minimum atomic E-state index is -0.493. The predicted octanol–water partition coefficient (Wildman–Crippen LogP) is 13.3. The molecule has 5 heterocycles. The fraction of sp³-hybridized carbons (Fsp3) is 0.520. The molecule has 3 aliphatic heterocycles. The Balaban J connectivity index is 0.000000198. The minimum Gasteiger partial charge on any atom is -0.444 e. The van der Waals surface area contributed by atoms with E-state index in [9.17, 15) is 9.59 Å². The number of piperidine rings is 3. The van der Waals surface area contributed by atoms with E-state index in [4.69, 9.17) is 37.9 Å². The second kappa shape index (κ2) is 21.1. The Kier molecular flexibility index (Phi) is 15.9. The van der Waals surface area contributed by atoms with Crippen molar-refractivity contribution in [1.29, 1.82) is 0 Å². The van der Waals surface area contributed by atoms with Gasteiger partial charge >= 0.3 is 6.09 Å². The number of aromatic nitrogens is 2. The molecule has 3 fully saturated rings. The summed E-state index contributed by atoms with van der Waals surface area (Å²) in [5.41, 5.74) is 9.94. The first-order valence-electron chi connectivity index (χ1n) is 22.8. The minimum absolute atomic E-state index is 0.168. The smallest absolute Gasteiger partial charge is 0.410 e. The van der Waals surface area contributed by atoms with Crippen molar-refractivity contribution >= 4 is 98.9 Å². The van der Waals surface area contributed by atoms with Gasteiger partial charge in [0.15, 0.2) is 0 Å². The van der Waals surface area contributed by atoms with Crippen molar-refractivity contribution in [1.82, 2.24) is 25.1 Å². The molecule has 8 nitrogen and oxygen atoms in total. The number of ether oxygens (including phenoxy) is 1. The Bertz CT molecular complexity index is 2360. The molecule has 0 bridgehead atoms. The van der Waals surface area contributed by atoms with E-state index in [1.165, 1.54) is 51.9 Å². The number of nitrogens with zero attached hydrogens (tertiary/aromatic N) is 4. The van der Waals surface area contributed by atoms with Gasteiger partial charge < -0.3 is 19.9 Å². The third-order valence-corrected chi connectivity index (χ3v) is 16.4. The Hall–Kier alpha value is -2.06. The number of pyridine rings is 2. The van der Waals surface area contributed by atoms with E-state index in [2.05, 4.69) is 98.2 Å². The maximum absolute atomic E-state index is 13.3. The van der Waals surface area contributed by atoms with E-state index in [0.717, 1.165) is 111 Å². The van der Waals surface area contributed by atoms with Gasteiger partial charge in [0.1, 0.15) is 5.60 Å². The Morgan fingerprint density at radius 1 is 0.656 bits per heavy atom. The first-order valence-corrected chi connectivity index (χ1v) is 26.7. The molecule has 342 valence electrons. The van der Waals surface area contributed by atoms with Crippen LogP contribution >= 0.6 is 86.9 Å². The summed E-state index contributed by atoms with van der Waals surface area (Å²) >= 11 is 27.7. The third kappa shape index (κ3) is 11.4. The molecule has 0 spiro atoms. The fourth-order valence-electron chi connectivity index (χ4n) is 10.7. The number of carbonyl (C=O) groups is 2. The van der Waals surface area contributed by atoms with Gasteiger partial charge in [0.25, 0.3) is 0 Å². The summed E-state index contributed by atoms with van der Waals surface area (Å²) in [5.74, 6) is 2.08. The van der Waals surface area contributed by atoms with Gasteiger partial charge in [-0.05, 0) is 217 Å². The summed E-state index contributed by atoms with van der Waals surface area (Å²) in [5, 5.41) is 5.05. The Morgan fingerprint density at radius 3 is 1.59 bits per heavy atom. The van der Waals surface area contributed by atoms with Crippen LogP contribution in [0, 0.1) is 17.8 Å². The van der Waals surface area contributed by atoms with Gasteiger partial charge in [-0.1, -0.05) is 55.1 Å². The van der Waals surface area contributed by atoms with Crippen LogP contribution in [0.2, 0.25) is 10.0 Å². The number of nitrogens with one attached hydrogen (secondary N) is 1. The number of hydrogen-bond acceptors (Lipinski definition) is 6. The van der Waals surface area contributed by atoms with E-state index in [1.807, 2.05) is 45.3 Å². The van der Waals surface area contributed by atoms with Gasteiger partial charge in [0, 0.05) is 84.8 Å². The second-order valence-electron chi connectivity index (χ2n) is 19.2. The van der Waals surface area contributed by atoms with Crippen LogP contribution in [0.15, 0.2) is 66.7 Å². The van der Waals surface area contributed by atoms with E-state index in [-0.39, 0.29) is 17.9 Å². The van der Waals surface area contributed by atoms with Crippen LogP contribution in [0.5, 0.6) is 0 Å². The molecule has 3 saturated heterocycles. The molecule has 9 rings (SSSR count). The fourth-order valence-corrected chi connectivity index (χ4v) is 13.7. The molecule has 2 atom stereocenters. The van der Waals surface area contributed by atoms with Crippen LogP contribution < -0.4 is 5.32 Å². The number of fused-ring (bicyclic) bond motifs is 4. The van der Waals surface area contributed by atoms with Crippen LogP contribution in [-0.4, -0.2) is 76.6 Å². The average Bonchev–Trinajstić information content (AvgIpc) is 3.52. The van der Waals surface area contributed by atoms with Gasteiger partial charge in [-0.2, -0.15) is 0 Å². The number of likely N-dealkylation sites (tertiary alicyclic amines) is 2. The average molecular weight is 1170 g/mol. The van der Waals surface area contributed by atoms with E-state index < -0.39 is 5.60 Å². The van der Waals surface area contributed by atoms with Crippen molar-refractivity contribution in [2.45, 2.75) is 109 Å². The SMILES string of the molecule is CC(C)(C)OC(=O)N1CCC(CC(=O)N2CCC([C@H]3c4ncc(Br)cc4CCc4cc(Cl)cc(Br)c43)CC2)CC1.Clc1cc(Br)c2c(c1)CCc1cc(Br)cnc1[C@H]2C1CCNCC1. The van der Waals surface area contributed by atoms with Crippen LogP contribution in [0.3, 0.4) is 0 Å². The summed E-state index contributed by atoms with van der Waals surface area (Å²) < 4.78 is 9.76. The van der Waals surface area contributed by atoms with Gasteiger partial charge in [-0.15, -0.1) is 0 Å². The quantitative estimate of drug-likeness (QED) is 0.219. The van der Waals surface area contributed by atoms with Crippen LogP contribution in [0.4, 0.5) is 4.79 Å². The summed E-state index contributed by atoms with van der Waals surface area (Å²) in [6.45, 7) is 10.7. The standard InChI is InChI=1S/C31H38Br2ClN3O3.C19H19Br2ClN2/c1-31(2,3)40-30(39)37-10-6-19(7-11-37)14-26(38)36-12-8-20(9-13-36)28-27-21(16-24(34)17-25(27)33)4-5-22-15-23(32)18-35-29(22)28;20-14-7-13-2-1-12-8-15(22)9-16(21)17(12)18(19(13)24-10-14)11-3-5-23-6-4-11/h15-20,28H,4-14H2,1-3H3;7-11,18,23H,1-6H2/t28-;18-/m10/s1. The second-order valence-corrected chi connectivity index (χ2v) is 23.6. The Labute approximate surface area is 422 Å². The highest BCUT2D eigenvalue weighted by Crippen LogP contribution is 2.48. The molecule has 2 aliphatic carbocycles. The van der Waals surface area contributed by atoms with Crippen molar-refractivity contribution in [2.24, 2.45) is 17.8 Å². The number of halogens is 6. The first-order chi connectivity index (χ1) is 30.6. The third-order valence-electron chi connectivity index (χ3n) is 13.8. The normalized spacial score (nSPS) is 20.7. The van der Waals surface area contributed by atoms with Crippen LogP contribution in [0.25, 0.3) is 0 Å². The highest BCUT2D eigenvalue weighted by Gasteiger charge is 2.38. The molecule has 0 saturated carbocycles. The molecule has 0 radical (unpaired) electrons. The largest absolute Gasteiger partial charge is 0.444 e. The summed E-state index contributed by atoms with van der Waals surface area (Å²) in [6.07, 6.45) is 14.0. The lowest BCUT2D eigenvalue weighted by molar-refractivity contribution is -0.134. The molecular formula is C50H57Br4Cl2N5O3. The van der Waals surface area contributed by atoms with Gasteiger partial charge in [-0.25, -0.2) is 4.79 Å². The number of aryl methyl sites for hydroxylation is 4. The zero-order valence-corrected chi connectivity index (χ0v) is 44.7. The van der Waals surface area contributed by atoms with Crippen molar-refractivity contribution in [2.75, 3.05) is 39.3 Å². The van der Waals surface area contributed by atoms with Crippen molar-refractivity contribution in [3.05, 3.63) is 121 Å². The highest BCUT2D eigenvalue weighted by molar-refractivity contribution is 9.11. The molecule has 64 heavy (non-hydrogen) atoms. The number of rotatable bonds is 4. The van der Waals surface area contributed by atoms with E-state index in [0.29, 0.717) is 43.2 Å². The molecule has 1 N–H and O–H groups in total. The number of hydrogen-bond donors (Lipinski definition) is 1. The van der Waals surface area contributed by atoms with Crippen molar-refractivity contribution in [3.63, 3.8) is 0 Å². The van der Waals surface area contributed by atoms with E-state index in [1.54, 1.807) is 4.90 Å². The lowest BCUT2D eigenvalue weighted by Gasteiger charge is -2.38. The first kappa shape index (κ1) is 48.4. The van der Waals surface area contributed by atoms with Crippen LogP contribution in [0.1, 0.15) is 122 Å². The summed E-state index contributed by atoms with van der Waals surface area (Å²) in [7, 11) is 0. The predicted molar refractivity (Wildman–Crippen MR) is 271 cm³/mol. The summed E-state index contributed by atoms with van der Waals surface area (Å²) in [4.78, 5) is 39.4. The molecular weight excluding hydrogens is 1110 g/mol. The molecule has 2 aromatic heterocycles. The van der Waals surface area contributed by atoms with Crippen molar-refractivity contribution < 1.29 is 14.3 Å². The zero-order chi connectivity index (χ0) is 45.3. The molecule has 2 aromatic carbocycles. The molecule has 5 aliphatic rings. The van der Waals surface area contributed by atoms with Gasteiger partial charge in [-0.3, -0.25) is 14.8 Å². The summed E-state index contributed by atoms with van der Waals surface area (Å²) in [6, 6.07) is 12.8. The lowest BCUT2D eigenvalue weighted by atomic mass is 9.76. The highest BCUT2D eigenvalue weighted by atomic mass is 79.9. The van der Waals surface area contributed by atoms with Gasteiger partial charge in [0.05, 0.1) is 11.4 Å². The maximum Gasteiger partial charge on any atom is 0.410 e. The van der Waals surface area contributed by atoms with Crippen LogP contribution in [-0.2, 0) is 35.2 Å². The molecule has 0 unspecified atom stereocenters. The molecule has 14 heteroatoms. The monoisotopic (exact) mass is 1160 g/mol. The zero-order valence-electron chi connectivity index (χ0n) is 36.8. The molecule has 4 aromatic rings. The maximum atomic E-state index is 13.3. The van der Waals surface area contributed by atoms with Gasteiger partial charge in [0.2, 0.25) is 5.91 Å². The van der Waals surface area contributed by atoms with Crippen molar-refractivity contribution in [3.8, 4) is 0 Å². The molecule has 2 amide bonds. The number of amides is 2. The Morgan fingerprint density at radius 2 is 1.11 bits per heavy atom. The number of carbonyl (C=O) groups excluding carboxylic acids is 2.